The third kappa shape index (κ3) is 5.63. The highest BCUT2D eigenvalue weighted by Crippen LogP contribution is 2.13. The minimum atomic E-state index is -0.0574. The average Bonchev–Trinajstić information content (AvgIpc) is 2.54. The fourth-order valence-electron chi connectivity index (χ4n) is 2.02. The molecule has 2 N–H and O–H groups in total. The lowest BCUT2D eigenvalue weighted by atomic mass is 10.1. The van der Waals surface area contributed by atoms with E-state index in [4.69, 9.17) is 4.74 Å². The Morgan fingerprint density at radius 1 is 1.09 bits per heavy atom. The number of amides is 1. The molecule has 0 bridgehead atoms. The molecule has 0 atom stereocenters. The first-order valence-electron chi connectivity index (χ1n) is 7.25. The Hall–Kier alpha value is -2.24. The summed E-state index contributed by atoms with van der Waals surface area (Å²) in [6.45, 7) is 1.54. The Morgan fingerprint density at radius 3 is 2.45 bits per heavy atom. The minimum absolute atomic E-state index is 0.0574. The summed E-state index contributed by atoms with van der Waals surface area (Å²) >= 11 is 0. The van der Waals surface area contributed by atoms with Crippen LogP contribution in [0.3, 0.4) is 0 Å². The number of anilines is 1. The zero-order chi connectivity index (χ0) is 15.6. The van der Waals surface area contributed by atoms with Gasteiger partial charge in [0.25, 0.3) is 0 Å². The predicted octanol–water partition coefficient (Wildman–Crippen LogP) is 1.85. The number of methoxy groups -OCH3 is 1. The summed E-state index contributed by atoms with van der Waals surface area (Å²) in [5.74, 6) is -0.0574. The van der Waals surface area contributed by atoms with E-state index in [0.29, 0.717) is 13.2 Å². The topological polar surface area (TPSA) is 63.2 Å². The van der Waals surface area contributed by atoms with Crippen molar-refractivity contribution in [1.29, 1.82) is 0 Å². The number of aromatic nitrogens is 1. The van der Waals surface area contributed by atoms with Gasteiger partial charge in [-0.15, -0.1) is 0 Å². The maximum atomic E-state index is 11.7. The van der Waals surface area contributed by atoms with Crippen molar-refractivity contribution >= 4 is 11.6 Å². The van der Waals surface area contributed by atoms with Crippen LogP contribution in [0.15, 0.2) is 48.8 Å². The van der Waals surface area contributed by atoms with E-state index < -0.39 is 0 Å². The van der Waals surface area contributed by atoms with E-state index in [9.17, 15) is 4.79 Å². The van der Waals surface area contributed by atoms with Crippen molar-refractivity contribution in [2.45, 2.75) is 6.42 Å². The van der Waals surface area contributed by atoms with Gasteiger partial charge in [0, 0.05) is 31.7 Å². The molecule has 0 radical (unpaired) electrons. The van der Waals surface area contributed by atoms with E-state index in [0.717, 1.165) is 12.1 Å². The molecule has 1 aromatic heterocycles. The number of benzene rings is 1. The summed E-state index contributed by atoms with van der Waals surface area (Å²) < 4.78 is 4.91. The Morgan fingerprint density at radius 2 is 1.77 bits per heavy atom. The normalized spacial score (nSPS) is 10.4. The maximum absolute atomic E-state index is 11.7. The molecule has 5 heteroatoms. The molecule has 0 spiro atoms. The maximum Gasteiger partial charge on any atom is 0.238 e. The van der Waals surface area contributed by atoms with Gasteiger partial charge < -0.3 is 15.4 Å². The first-order chi connectivity index (χ1) is 10.8. The molecule has 0 saturated heterocycles. The van der Waals surface area contributed by atoms with Gasteiger partial charge in [-0.1, -0.05) is 12.1 Å². The van der Waals surface area contributed by atoms with Crippen LogP contribution in [-0.4, -0.2) is 37.7 Å². The quantitative estimate of drug-likeness (QED) is 0.730. The summed E-state index contributed by atoms with van der Waals surface area (Å²) in [6, 6.07) is 11.9. The van der Waals surface area contributed by atoms with Crippen LogP contribution in [0, 0.1) is 0 Å². The Labute approximate surface area is 130 Å². The van der Waals surface area contributed by atoms with Crippen LogP contribution >= 0.6 is 0 Å². The van der Waals surface area contributed by atoms with Gasteiger partial charge in [-0.2, -0.15) is 0 Å². The molecule has 116 valence electrons. The number of nitrogens with zero attached hydrogens (tertiary/aromatic N) is 1. The molecule has 0 aliphatic carbocycles. The van der Waals surface area contributed by atoms with E-state index in [1.807, 2.05) is 36.4 Å². The number of pyridine rings is 1. The second kappa shape index (κ2) is 8.92. The number of carbonyl (C=O) groups excluding carboxylic acids is 1. The van der Waals surface area contributed by atoms with Gasteiger partial charge in [0.05, 0.1) is 13.2 Å². The SMILES string of the molecule is COCCNCC(=O)Nc1ccc(Cc2ccncc2)cc1. The molecule has 5 nitrogen and oxygen atoms in total. The van der Waals surface area contributed by atoms with Crippen molar-refractivity contribution in [3.63, 3.8) is 0 Å². The minimum Gasteiger partial charge on any atom is -0.383 e. The van der Waals surface area contributed by atoms with E-state index in [2.05, 4.69) is 15.6 Å². The van der Waals surface area contributed by atoms with Crippen LogP contribution in [0.2, 0.25) is 0 Å². The van der Waals surface area contributed by atoms with Crippen molar-refractivity contribution < 1.29 is 9.53 Å². The number of nitrogens with one attached hydrogen (secondary N) is 2. The third-order valence-corrected chi connectivity index (χ3v) is 3.16. The Balaban J connectivity index is 1.80. The highest BCUT2D eigenvalue weighted by atomic mass is 16.5. The van der Waals surface area contributed by atoms with E-state index >= 15 is 0 Å². The van der Waals surface area contributed by atoms with Gasteiger partial charge in [0.1, 0.15) is 0 Å². The van der Waals surface area contributed by atoms with Crippen LogP contribution < -0.4 is 10.6 Å². The molecule has 0 saturated carbocycles. The monoisotopic (exact) mass is 299 g/mol. The lowest BCUT2D eigenvalue weighted by molar-refractivity contribution is -0.115. The van der Waals surface area contributed by atoms with E-state index in [1.54, 1.807) is 19.5 Å². The van der Waals surface area contributed by atoms with Crippen molar-refractivity contribution in [2.24, 2.45) is 0 Å². The second-order valence-corrected chi connectivity index (χ2v) is 4.95. The zero-order valence-electron chi connectivity index (χ0n) is 12.7. The molecule has 0 fully saturated rings. The molecule has 1 amide bonds. The summed E-state index contributed by atoms with van der Waals surface area (Å²) in [5.41, 5.74) is 3.22. The Bertz CT molecular complexity index is 570. The van der Waals surface area contributed by atoms with Crippen LogP contribution in [-0.2, 0) is 16.0 Å². The van der Waals surface area contributed by atoms with Gasteiger partial charge in [0.15, 0.2) is 0 Å². The standard InChI is InChI=1S/C17H21N3O2/c1-22-11-10-19-13-17(21)20-16-4-2-14(3-5-16)12-15-6-8-18-9-7-15/h2-9,19H,10-13H2,1H3,(H,20,21). The first kappa shape index (κ1) is 16.1. The van der Waals surface area contributed by atoms with Crippen LogP contribution in [0.4, 0.5) is 5.69 Å². The van der Waals surface area contributed by atoms with Crippen LogP contribution in [0.5, 0.6) is 0 Å². The number of hydrogen-bond donors (Lipinski definition) is 2. The molecular formula is C17H21N3O2. The Kier molecular flexibility index (Phi) is 6.54. The number of hydrogen-bond acceptors (Lipinski definition) is 4. The molecule has 0 aliphatic rings. The summed E-state index contributed by atoms with van der Waals surface area (Å²) in [6.07, 6.45) is 4.44. The van der Waals surface area contributed by atoms with Crippen molar-refractivity contribution in [2.75, 3.05) is 32.1 Å². The van der Waals surface area contributed by atoms with E-state index in [1.165, 1.54) is 11.1 Å². The van der Waals surface area contributed by atoms with Gasteiger partial charge in [-0.05, 0) is 41.8 Å². The molecule has 2 rings (SSSR count). The number of carbonyl (C=O) groups is 1. The highest BCUT2D eigenvalue weighted by Gasteiger charge is 2.02. The lowest BCUT2D eigenvalue weighted by Crippen LogP contribution is -2.30. The number of ether oxygens (including phenoxy) is 1. The van der Waals surface area contributed by atoms with E-state index in [-0.39, 0.29) is 12.5 Å². The molecule has 22 heavy (non-hydrogen) atoms. The smallest absolute Gasteiger partial charge is 0.238 e. The van der Waals surface area contributed by atoms with Gasteiger partial charge in [0.2, 0.25) is 5.91 Å². The van der Waals surface area contributed by atoms with Crippen molar-refractivity contribution in [3.8, 4) is 0 Å². The predicted molar refractivity (Wildman–Crippen MR) is 86.9 cm³/mol. The fraction of sp³-hybridized carbons (Fsp3) is 0.294. The molecular weight excluding hydrogens is 278 g/mol. The zero-order valence-corrected chi connectivity index (χ0v) is 12.7. The van der Waals surface area contributed by atoms with Crippen molar-refractivity contribution in [1.82, 2.24) is 10.3 Å². The number of rotatable bonds is 8. The molecule has 0 unspecified atom stereocenters. The largest absolute Gasteiger partial charge is 0.383 e. The second-order valence-electron chi connectivity index (χ2n) is 4.95. The molecule has 2 aromatic rings. The average molecular weight is 299 g/mol. The third-order valence-electron chi connectivity index (χ3n) is 3.16. The van der Waals surface area contributed by atoms with Crippen molar-refractivity contribution in [3.05, 3.63) is 59.9 Å². The fourth-order valence-corrected chi connectivity index (χ4v) is 2.02. The first-order valence-corrected chi connectivity index (χ1v) is 7.25. The lowest BCUT2D eigenvalue weighted by Gasteiger charge is -2.08. The van der Waals surface area contributed by atoms with Crippen LogP contribution in [0.25, 0.3) is 0 Å². The molecule has 1 aromatic carbocycles. The van der Waals surface area contributed by atoms with Gasteiger partial charge >= 0.3 is 0 Å². The molecule has 0 aliphatic heterocycles. The van der Waals surface area contributed by atoms with Gasteiger partial charge in [-0.25, -0.2) is 0 Å². The summed E-state index contributed by atoms with van der Waals surface area (Å²) in [7, 11) is 1.63. The van der Waals surface area contributed by atoms with Gasteiger partial charge in [-0.3, -0.25) is 9.78 Å². The summed E-state index contributed by atoms with van der Waals surface area (Å²) in [5, 5.41) is 5.87. The highest BCUT2D eigenvalue weighted by molar-refractivity contribution is 5.92. The summed E-state index contributed by atoms with van der Waals surface area (Å²) in [4.78, 5) is 15.7. The molecule has 1 heterocycles. The van der Waals surface area contributed by atoms with Crippen LogP contribution in [0.1, 0.15) is 11.1 Å².